The molecule has 0 saturated carbocycles. The molecule has 2 rings (SSSR count). The van der Waals surface area contributed by atoms with Gasteiger partial charge in [-0.2, -0.15) is 5.10 Å². The number of hydrogen-bond acceptors (Lipinski definition) is 4. The van der Waals surface area contributed by atoms with E-state index in [4.69, 9.17) is 4.74 Å². The SMILES string of the molecule is COC(=O)c1cnn(C2CCOC2)c1. The minimum absolute atomic E-state index is 0.258. The molecular formula is C9H12N2O3. The Balaban J connectivity index is 2.12. The zero-order chi connectivity index (χ0) is 9.97. The number of hydrogen-bond donors (Lipinski definition) is 0. The quantitative estimate of drug-likeness (QED) is 0.651. The molecule has 14 heavy (non-hydrogen) atoms. The van der Waals surface area contributed by atoms with E-state index in [9.17, 15) is 4.79 Å². The van der Waals surface area contributed by atoms with E-state index in [0.717, 1.165) is 13.0 Å². The van der Waals surface area contributed by atoms with E-state index in [0.29, 0.717) is 12.2 Å². The summed E-state index contributed by atoms with van der Waals surface area (Å²) in [6, 6.07) is 0.258. The maximum absolute atomic E-state index is 11.1. The third kappa shape index (κ3) is 1.63. The molecule has 5 heteroatoms. The van der Waals surface area contributed by atoms with E-state index in [-0.39, 0.29) is 12.0 Å². The molecule has 0 spiro atoms. The van der Waals surface area contributed by atoms with E-state index in [1.807, 2.05) is 0 Å². The van der Waals surface area contributed by atoms with Crippen molar-refractivity contribution in [3.05, 3.63) is 18.0 Å². The lowest BCUT2D eigenvalue weighted by Crippen LogP contribution is -2.09. The Morgan fingerprint density at radius 3 is 3.29 bits per heavy atom. The van der Waals surface area contributed by atoms with Gasteiger partial charge in [-0.25, -0.2) is 4.79 Å². The molecule has 0 aliphatic carbocycles. The van der Waals surface area contributed by atoms with Crippen LogP contribution in [0.15, 0.2) is 12.4 Å². The second kappa shape index (κ2) is 3.79. The summed E-state index contributed by atoms with van der Waals surface area (Å²) in [7, 11) is 1.36. The van der Waals surface area contributed by atoms with Gasteiger partial charge in [0, 0.05) is 12.8 Å². The number of esters is 1. The summed E-state index contributed by atoms with van der Waals surface area (Å²) < 4.78 is 11.6. The van der Waals surface area contributed by atoms with Gasteiger partial charge in [0.25, 0.3) is 0 Å². The van der Waals surface area contributed by atoms with Gasteiger partial charge in [0.1, 0.15) is 0 Å². The predicted molar refractivity (Wildman–Crippen MR) is 48.0 cm³/mol. The van der Waals surface area contributed by atoms with E-state index < -0.39 is 0 Å². The normalized spacial score (nSPS) is 21.1. The number of carbonyl (C=O) groups is 1. The van der Waals surface area contributed by atoms with Gasteiger partial charge in [-0.15, -0.1) is 0 Å². The van der Waals surface area contributed by atoms with Crippen LogP contribution in [-0.4, -0.2) is 36.1 Å². The fourth-order valence-electron chi connectivity index (χ4n) is 1.49. The van der Waals surface area contributed by atoms with Crippen molar-refractivity contribution < 1.29 is 14.3 Å². The summed E-state index contributed by atoms with van der Waals surface area (Å²) in [6.45, 7) is 1.43. The summed E-state index contributed by atoms with van der Waals surface area (Å²) in [5, 5.41) is 4.10. The van der Waals surface area contributed by atoms with E-state index >= 15 is 0 Å². The standard InChI is InChI=1S/C9H12N2O3/c1-13-9(12)7-4-10-11(5-7)8-2-3-14-6-8/h4-5,8H,2-3,6H2,1H3. The molecule has 0 aromatic carbocycles. The zero-order valence-corrected chi connectivity index (χ0v) is 7.97. The Labute approximate surface area is 81.6 Å². The van der Waals surface area contributed by atoms with Crippen LogP contribution in [0.3, 0.4) is 0 Å². The van der Waals surface area contributed by atoms with Crippen molar-refractivity contribution >= 4 is 5.97 Å². The van der Waals surface area contributed by atoms with Crippen LogP contribution >= 0.6 is 0 Å². The summed E-state index contributed by atoms with van der Waals surface area (Å²) in [6.07, 6.45) is 4.16. The Kier molecular flexibility index (Phi) is 2.49. The molecule has 1 aliphatic rings. The Bertz CT molecular complexity index is 329. The lowest BCUT2D eigenvalue weighted by atomic mass is 10.3. The molecular weight excluding hydrogens is 184 g/mol. The van der Waals surface area contributed by atoms with Gasteiger partial charge in [-0.1, -0.05) is 0 Å². The Hall–Kier alpha value is -1.36. The molecule has 1 fully saturated rings. The van der Waals surface area contributed by atoms with Crippen LogP contribution < -0.4 is 0 Å². The van der Waals surface area contributed by atoms with Crippen LogP contribution in [0.5, 0.6) is 0 Å². The summed E-state index contributed by atoms with van der Waals surface area (Å²) in [5.41, 5.74) is 0.486. The van der Waals surface area contributed by atoms with Gasteiger partial charge in [-0.05, 0) is 6.42 Å². The number of methoxy groups -OCH3 is 1. The van der Waals surface area contributed by atoms with Gasteiger partial charge in [-0.3, -0.25) is 4.68 Å². The topological polar surface area (TPSA) is 53.3 Å². The molecule has 76 valence electrons. The molecule has 1 saturated heterocycles. The second-order valence-corrected chi connectivity index (χ2v) is 3.22. The Morgan fingerprint density at radius 1 is 1.79 bits per heavy atom. The number of rotatable bonds is 2. The number of nitrogens with zero attached hydrogens (tertiary/aromatic N) is 2. The highest BCUT2D eigenvalue weighted by Gasteiger charge is 2.19. The number of carbonyl (C=O) groups excluding carboxylic acids is 1. The number of ether oxygens (including phenoxy) is 2. The molecule has 0 bridgehead atoms. The second-order valence-electron chi connectivity index (χ2n) is 3.22. The molecule has 2 heterocycles. The third-order valence-corrected chi connectivity index (χ3v) is 2.30. The van der Waals surface area contributed by atoms with Crippen molar-refractivity contribution in [1.82, 2.24) is 9.78 Å². The Morgan fingerprint density at radius 2 is 2.64 bits per heavy atom. The van der Waals surface area contributed by atoms with Crippen molar-refractivity contribution in [2.45, 2.75) is 12.5 Å². The lowest BCUT2D eigenvalue weighted by Gasteiger charge is -2.06. The summed E-state index contributed by atoms with van der Waals surface area (Å²) in [4.78, 5) is 11.1. The van der Waals surface area contributed by atoms with Crippen LogP contribution in [-0.2, 0) is 9.47 Å². The van der Waals surface area contributed by atoms with Crippen LogP contribution in [0, 0.1) is 0 Å². The third-order valence-electron chi connectivity index (χ3n) is 2.30. The largest absolute Gasteiger partial charge is 0.465 e. The fourth-order valence-corrected chi connectivity index (χ4v) is 1.49. The minimum Gasteiger partial charge on any atom is -0.465 e. The first-order valence-electron chi connectivity index (χ1n) is 4.51. The highest BCUT2D eigenvalue weighted by Crippen LogP contribution is 2.18. The van der Waals surface area contributed by atoms with Crippen molar-refractivity contribution in [3.63, 3.8) is 0 Å². The molecule has 1 aromatic heterocycles. The van der Waals surface area contributed by atoms with Crippen LogP contribution in [0.2, 0.25) is 0 Å². The van der Waals surface area contributed by atoms with Crippen LogP contribution in [0.4, 0.5) is 0 Å². The van der Waals surface area contributed by atoms with Crippen molar-refractivity contribution in [3.8, 4) is 0 Å². The fraction of sp³-hybridized carbons (Fsp3) is 0.556. The smallest absolute Gasteiger partial charge is 0.341 e. The van der Waals surface area contributed by atoms with Crippen LogP contribution in [0.25, 0.3) is 0 Å². The maximum atomic E-state index is 11.1. The first kappa shape index (κ1) is 9.21. The molecule has 1 atom stereocenters. The highest BCUT2D eigenvalue weighted by atomic mass is 16.5. The molecule has 0 amide bonds. The van der Waals surface area contributed by atoms with Crippen molar-refractivity contribution in [2.75, 3.05) is 20.3 Å². The molecule has 0 N–H and O–H groups in total. The number of aromatic nitrogens is 2. The van der Waals surface area contributed by atoms with Crippen molar-refractivity contribution in [2.24, 2.45) is 0 Å². The maximum Gasteiger partial charge on any atom is 0.341 e. The first-order valence-corrected chi connectivity index (χ1v) is 4.51. The average molecular weight is 196 g/mol. The summed E-state index contributed by atoms with van der Waals surface area (Å²) in [5.74, 6) is -0.352. The lowest BCUT2D eigenvalue weighted by molar-refractivity contribution is 0.0600. The van der Waals surface area contributed by atoms with Crippen LogP contribution in [0.1, 0.15) is 22.8 Å². The van der Waals surface area contributed by atoms with Gasteiger partial charge in [0.2, 0.25) is 0 Å². The molecule has 1 aliphatic heterocycles. The van der Waals surface area contributed by atoms with Crippen molar-refractivity contribution in [1.29, 1.82) is 0 Å². The minimum atomic E-state index is -0.352. The highest BCUT2D eigenvalue weighted by molar-refractivity contribution is 5.88. The zero-order valence-electron chi connectivity index (χ0n) is 7.97. The molecule has 1 unspecified atom stereocenters. The van der Waals surface area contributed by atoms with Gasteiger partial charge in [0.05, 0.1) is 31.5 Å². The average Bonchev–Trinajstić information content (AvgIpc) is 2.86. The molecule has 1 aromatic rings. The summed E-state index contributed by atoms with van der Waals surface area (Å²) >= 11 is 0. The molecule has 0 radical (unpaired) electrons. The van der Waals surface area contributed by atoms with Gasteiger partial charge < -0.3 is 9.47 Å². The van der Waals surface area contributed by atoms with Gasteiger partial charge in [0.15, 0.2) is 0 Å². The van der Waals surface area contributed by atoms with E-state index in [1.165, 1.54) is 13.3 Å². The molecule has 5 nitrogen and oxygen atoms in total. The predicted octanol–water partition coefficient (Wildman–Crippen LogP) is 0.631. The van der Waals surface area contributed by atoms with E-state index in [1.54, 1.807) is 10.9 Å². The van der Waals surface area contributed by atoms with E-state index in [2.05, 4.69) is 9.84 Å². The van der Waals surface area contributed by atoms with Gasteiger partial charge >= 0.3 is 5.97 Å². The first-order chi connectivity index (χ1) is 6.81. The monoisotopic (exact) mass is 196 g/mol.